The van der Waals surface area contributed by atoms with Gasteiger partial charge in [0.05, 0.1) is 0 Å². The molecule has 0 amide bonds. The number of rotatable bonds is 0. The van der Waals surface area contributed by atoms with Crippen molar-refractivity contribution in [1.29, 1.82) is 0 Å². The summed E-state index contributed by atoms with van der Waals surface area (Å²) in [6.45, 7) is 2.25. The van der Waals surface area contributed by atoms with Gasteiger partial charge in [-0.2, -0.15) is 0 Å². The van der Waals surface area contributed by atoms with E-state index in [0.29, 0.717) is 0 Å². The molecule has 2 heterocycles. The van der Waals surface area contributed by atoms with E-state index in [2.05, 4.69) is 16.4 Å². The van der Waals surface area contributed by atoms with Crippen molar-refractivity contribution in [1.82, 2.24) is 4.98 Å². The molecule has 0 fully saturated rings. The molecule has 0 radical (unpaired) electrons. The molecule has 1 aromatic heterocycles. The normalized spacial score (nSPS) is 15.6. The summed E-state index contributed by atoms with van der Waals surface area (Å²) < 4.78 is 0. The van der Waals surface area contributed by atoms with Crippen molar-refractivity contribution in [2.75, 3.05) is 0 Å². The molecule has 1 aliphatic heterocycles. The lowest BCUT2D eigenvalue weighted by molar-refractivity contribution is -0.676. The zero-order valence-electron chi connectivity index (χ0n) is 5.17. The van der Waals surface area contributed by atoms with Gasteiger partial charge in [-0.25, -0.2) is 0 Å². The lowest BCUT2D eigenvalue weighted by atomic mass is 10.2. The van der Waals surface area contributed by atoms with E-state index >= 15 is 0 Å². The molecule has 1 aromatic rings. The molecular weight excluding hydrogens is 112 g/mol. The van der Waals surface area contributed by atoms with Gasteiger partial charge in [-0.05, 0) is 6.07 Å². The Morgan fingerprint density at radius 3 is 3.11 bits per heavy atom. The Morgan fingerprint density at radius 1 is 1.33 bits per heavy atom. The number of quaternary nitrogens is 1. The molecular formula is C7H9N2+. The van der Waals surface area contributed by atoms with Gasteiger partial charge in [0, 0.05) is 23.5 Å². The summed E-state index contributed by atoms with van der Waals surface area (Å²) in [7, 11) is 0. The van der Waals surface area contributed by atoms with Crippen molar-refractivity contribution in [2.45, 2.75) is 13.1 Å². The largest absolute Gasteiger partial charge is 0.339 e. The second-order valence-electron chi connectivity index (χ2n) is 2.34. The van der Waals surface area contributed by atoms with Crippen molar-refractivity contribution < 1.29 is 5.32 Å². The fourth-order valence-electron chi connectivity index (χ4n) is 1.22. The SMILES string of the molecule is c1cc2c(cn1)C[NH2+]C2. The van der Waals surface area contributed by atoms with E-state index in [1.807, 2.05) is 12.4 Å². The topological polar surface area (TPSA) is 29.5 Å². The number of fused-ring (bicyclic) bond motifs is 1. The van der Waals surface area contributed by atoms with Crippen LogP contribution in [-0.2, 0) is 13.1 Å². The molecule has 0 aliphatic carbocycles. The van der Waals surface area contributed by atoms with E-state index in [-0.39, 0.29) is 0 Å². The van der Waals surface area contributed by atoms with Gasteiger partial charge in [-0.3, -0.25) is 4.98 Å². The van der Waals surface area contributed by atoms with E-state index in [4.69, 9.17) is 0 Å². The smallest absolute Gasteiger partial charge is 0.103 e. The highest BCUT2D eigenvalue weighted by Crippen LogP contribution is 2.06. The van der Waals surface area contributed by atoms with Crippen LogP contribution in [0.3, 0.4) is 0 Å². The van der Waals surface area contributed by atoms with Crippen LogP contribution in [0.4, 0.5) is 0 Å². The van der Waals surface area contributed by atoms with Gasteiger partial charge >= 0.3 is 0 Å². The molecule has 0 saturated carbocycles. The first-order valence-electron chi connectivity index (χ1n) is 3.20. The predicted octanol–water partition coefficient (Wildman–Crippen LogP) is -0.341. The first-order chi connectivity index (χ1) is 4.47. The molecule has 2 rings (SSSR count). The number of nitrogens with two attached hydrogens (primary N) is 1. The monoisotopic (exact) mass is 121 g/mol. The molecule has 2 N–H and O–H groups in total. The maximum absolute atomic E-state index is 4.04. The first kappa shape index (κ1) is 4.94. The summed E-state index contributed by atoms with van der Waals surface area (Å²) in [5.74, 6) is 0. The number of pyridine rings is 1. The van der Waals surface area contributed by atoms with Gasteiger partial charge in [0.1, 0.15) is 13.1 Å². The van der Waals surface area contributed by atoms with Crippen LogP contribution in [0.2, 0.25) is 0 Å². The minimum atomic E-state index is 1.11. The summed E-state index contributed by atoms with van der Waals surface area (Å²) >= 11 is 0. The second kappa shape index (κ2) is 1.81. The standard InChI is InChI=1S/C7H8N2/c1-2-8-4-7-5-9-3-6(1)7/h1-2,4,9H,3,5H2/p+1. The van der Waals surface area contributed by atoms with Gasteiger partial charge in [0.25, 0.3) is 0 Å². The van der Waals surface area contributed by atoms with Crippen LogP contribution >= 0.6 is 0 Å². The fraction of sp³-hybridized carbons (Fsp3) is 0.286. The maximum atomic E-state index is 4.04. The van der Waals surface area contributed by atoms with E-state index in [1.54, 1.807) is 0 Å². The fourth-order valence-corrected chi connectivity index (χ4v) is 1.22. The third kappa shape index (κ3) is 0.715. The minimum Gasteiger partial charge on any atom is -0.339 e. The Morgan fingerprint density at radius 2 is 2.22 bits per heavy atom. The molecule has 2 heteroatoms. The van der Waals surface area contributed by atoms with Crippen LogP contribution in [0.5, 0.6) is 0 Å². The number of hydrogen-bond donors (Lipinski definition) is 1. The second-order valence-corrected chi connectivity index (χ2v) is 2.34. The summed E-state index contributed by atoms with van der Waals surface area (Å²) in [6.07, 6.45) is 3.82. The molecule has 46 valence electrons. The lowest BCUT2D eigenvalue weighted by Gasteiger charge is -1.87. The van der Waals surface area contributed by atoms with Crippen molar-refractivity contribution in [3.05, 3.63) is 29.6 Å². The number of aromatic nitrogens is 1. The zero-order chi connectivity index (χ0) is 6.10. The van der Waals surface area contributed by atoms with Crippen molar-refractivity contribution >= 4 is 0 Å². The van der Waals surface area contributed by atoms with E-state index in [9.17, 15) is 0 Å². The van der Waals surface area contributed by atoms with E-state index < -0.39 is 0 Å². The van der Waals surface area contributed by atoms with Gasteiger partial charge in [-0.1, -0.05) is 0 Å². The molecule has 0 aromatic carbocycles. The van der Waals surface area contributed by atoms with Crippen LogP contribution in [0.1, 0.15) is 11.1 Å². The quantitative estimate of drug-likeness (QED) is 0.500. The highest BCUT2D eigenvalue weighted by Gasteiger charge is 2.11. The van der Waals surface area contributed by atoms with Crippen molar-refractivity contribution in [3.8, 4) is 0 Å². The Hall–Kier alpha value is -0.890. The minimum absolute atomic E-state index is 1.11. The van der Waals surface area contributed by atoms with Crippen molar-refractivity contribution in [2.24, 2.45) is 0 Å². The van der Waals surface area contributed by atoms with Crippen LogP contribution in [-0.4, -0.2) is 4.98 Å². The molecule has 0 saturated heterocycles. The van der Waals surface area contributed by atoms with E-state index in [0.717, 1.165) is 13.1 Å². The molecule has 2 nitrogen and oxygen atoms in total. The first-order valence-corrected chi connectivity index (χ1v) is 3.20. The highest BCUT2D eigenvalue weighted by molar-refractivity contribution is 5.22. The third-order valence-corrected chi connectivity index (χ3v) is 1.73. The molecule has 0 unspecified atom stereocenters. The van der Waals surface area contributed by atoms with Crippen molar-refractivity contribution in [3.63, 3.8) is 0 Å². The molecule has 0 bridgehead atoms. The summed E-state index contributed by atoms with van der Waals surface area (Å²) in [5.41, 5.74) is 2.85. The lowest BCUT2D eigenvalue weighted by Crippen LogP contribution is -2.77. The zero-order valence-corrected chi connectivity index (χ0v) is 5.17. The molecule has 0 spiro atoms. The van der Waals surface area contributed by atoms with Gasteiger partial charge < -0.3 is 5.32 Å². The van der Waals surface area contributed by atoms with Gasteiger partial charge in [-0.15, -0.1) is 0 Å². The summed E-state index contributed by atoms with van der Waals surface area (Å²) in [4.78, 5) is 4.04. The molecule has 9 heavy (non-hydrogen) atoms. The van der Waals surface area contributed by atoms with Crippen LogP contribution in [0.25, 0.3) is 0 Å². The number of nitrogens with zero attached hydrogens (tertiary/aromatic N) is 1. The average Bonchev–Trinajstić information content (AvgIpc) is 2.33. The van der Waals surface area contributed by atoms with Gasteiger partial charge in [0.2, 0.25) is 0 Å². The average molecular weight is 121 g/mol. The van der Waals surface area contributed by atoms with E-state index in [1.165, 1.54) is 11.1 Å². The van der Waals surface area contributed by atoms with Crippen LogP contribution < -0.4 is 5.32 Å². The Labute approximate surface area is 53.9 Å². The molecule has 0 atom stereocenters. The Bertz CT molecular complexity index is 197. The molecule has 1 aliphatic rings. The third-order valence-electron chi connectivity index (χ3n) is 1.73. The maximum Gasteiger partial charge on any atom is 0.103 e. The Balaban J connectivity index is 2.54. The predicted molar refractivity (Wildman–Crippen MR) is 33.6 cm³/mol. The van der Waals surface area contributed by atoms with Crippen LogP contribution in [0, 0.1) is 0 Å². The Kier molecular flexibility index (Phi) is 0.993. The highest BCUT2D eigenvalue weighted by atomic mass is 14.9. The van der Waals surface area contributed by atoms with Crippen LogP contribution in [0.15, 0.2) is 18.5 Å². The summed E-state index contributed by atoms with van der Waals surface area (Å²) in [5, 5.41) is 2.28. The summed E-state index contributed by atoms with van der Waals surface area (Å²) in [6, 6.07) is 2.10. The van der Waals surface area contributed by atoms with Gasteiger partial charge in [0.15, 0.2) is 0 Å². The number of hydrogen-bond acceptors (Lipinski definition) is 1.